The summed E-state index contributed by atoms with van der Waals surface area (Å²) in [4.78, 5) is 11.9. The summed E-state index contributed by atoms with van der Waals surface area (Å²) in [5.74, 6) is -0.329. The number of ether oxygens (including phenoxy) is 1. The summed E-state index contributed by atoms with van der Waals surface area (Å²) in [6.07, 6.45) is 2.63. The van der Waals surface area contributed by atoms with Crippen molar-refractivity contribution in [3.05, 3.63) is 16.8 Å². The third kappa shape index (κ3) is 3.39. The van der Waals surface area contributed by atoms with E-state index in [4.69, 9.17) is 4.74 Å². The van der Waals surface area contributed by atoms with Gasteiger partial charge in [0, 0.05) is 18.0 Å². The van der Waals surface area contributed by atoms with E-state index in [-0.39, 0.29) is 18.4 Å². The van der Waals surface area contributed by atoms with E-state index in [1.165, 1.54) is 15.6 Å². The molecule has 0 spiro atoms. The monoisotopic (exact) mass is 317 g/mol. The molecule has 0 amide bonds. The highest BCUT2D eigenvalue weighted by atomic mass is 32.2. The number of sulfonamides is 1. The highest BCUT2D eigenvalue weighted by molar-refractivity contribution is 7.89. The van der Waals surface area contributed by atoms with Gasteiger partial charge in [0.1, 0.15) is 0 Å². The van der Waals surface area contributed by atoms with E-state index < -0.39 is 10.0 Å². The molecule has 1 aliphatic heterocycles. The molecule has 1 fully saturated rings. The van der Waals surface area contributed by atoms with Crippen LogP contribution >= 0.6 is 11.3 Å². The summed E-state index contributed by atoms with van der Waals surface area (Å²) in [7, 11) is -3.49. The molecule has 5 nitrogen and oxygen atoms in total. The van der Waals surface area contributed by atoms with E-state index in [9.17, 15) is 13.2 Å². The van der Waals surface area contributed by atoms with E-state index in [0.29, 0.717) is 24.5 Å². The highest BCUT2D eigenvalue weighted by Gasteiger charge is 2.35. The van der Waals surface area contributed by atoms with Gasteiger partial charge in [-0.05, 0) is 31.2 Å². The van der Waals surface area contributed by atoms with Crippen molar-refractivity contribution in [3.8, 4) is 0 Å². The number of rotatable bonds is 5. The molecule has 1 saturated heterocycles. The van der Waals surface area contributed by atoms with Gasteiger partial charge in [-0.3, -0.25) is 4.79 Å². The summed E-state index contributed by atoms with van der Waals surface area (Å²) in [5, 5.41) is 3.38. The van der Waals surface area contributed by atoms with Gasteiger partial charge in [0.05, 0.1) is 17.9 Å². The first-order chi connectivity index (χ1) is 9.55. The van der Waals surface area contributed by atoms with Crippen molar-refractivity contribution in [3.63, 3.8) is 0 Å². The molecule has 0 radical (unpaired) electrons. The summed E-state index contributed by atoms with van der Waals surface area (Å²) in [6, 6.07) is 1.32. The quantitative estimate of drug-likeness (QED) is 0.781. The van der Waals surface area contributed by atoms with Crippen LogP contribution in [0.1, 0.15) is 32.6 Å². The van der Waals surface area contributed by atoms with Gasteiger partial charge in [-0.15, -0.1) is 0 Å². The molecule has 0 saturated carbocycles. The molecular weight excluding hydrogens is 298 g/mol. The molecule has 7 heteroatoms. The lowest BCUT2D eigenvalue weighted by Crippen LogP contribution is -2.44. The maximum absolute atomic E-state index is 12.6. The fourth-order valence-corrected chi connectivity index (χ4v) is 5.15. The normalized spacial score (nSPS) is 20.8. The zero-order valence-electron chi connectivity index (χ0n) is 11.4. The minimum atomic E-state index is -3.49. The van der Waals surface area contributed by atoms with Crippen LogP contribution in [-0.4, -0.2) is 37.9 Å². The van der Waals surface area contributed by atoms with Crippen molar-refractivity contribution in [2.45, 2.75) is 43.5 Å². The SMILES string of the molecule is CCOC(=O)C[C@H]1CCCCN1S(=O)(=O)c1ccsc1. The van der Waals surface area contributed by atoms with Gasteiger partial charge in [0.15, 0.2) is 0 Å². The number of hydrogen-bond acceptors (Lipinski definition) is 5. The average molecular weight is 317 g/mol. The Morgan fingerprint density at radius 2 is 2.30 bits per heavy atom. The van der Waals surface area contributed by atoms with Crippen molar-refractivity contribution in [2.75, 3.05) is 13.2 Å². The smallest absolute Gasteiger partial charge is 0.307 e. The zero-order valence-corrected chi connectivity index (χ0v) is 13.1. The fourth-order valence-electron chi connectivity index (χ4n) is 2.44. The van der Waals surface area contributed by atoms with E-state index in [2.05, 4.69) is 0 Å². The van der Waals surface area contributed by atoms with Crippen molar-refractivity contribution >= 4 is 27.3 Å². The number of carbonyl (C=O) groups excluding carboxylic acids is 1. The Kier molecular flexibility index (Phi) is 5.17. The lowest BCUT2D eigenvalue weighted by molar-refractivity contribution is -0.144. The summed E-state index contributed by atoms with van der Waals surface area (Å²) in [5.41, 5.74) is 0. The second kappa shape index (κ2) is 6.69. The van der Waals surface area contributed by atoms with Crippen LogP contribution in [0.5, 0.6) is 0 Å². The largest absolute Gasteiger partial charge is 0.466 e. The maximum Gasteiger partial charge on any atom is 0.307 e. The number of nitrogens with zero attached hydrogens (tertiary/aromatic N) is 1. The second-order valence-corrected chi connectivity index (χ2v) is 7.40. The van der Waals surface area contributed by atoms with E-state index in [0.717, 1.165) is 12.8 Å². The van der Waals surface area contributed by atoms with Crippen LogP contribution < -0.4 is 0 Å². The third-order valence-corrected chi connectivity index (χ3v) is 6.16. The molecule has 0 N–H and O–H groups in total. The molecule has 1 aliphatic rings. The number of hydrogen-bond donors (Lipinski definition) is 0. The molecular formula is C13H19NO4S2. The highest BCUT2D eigenvalue weighted by Crippen LogP contribution is 2.28. The fraction of sp³-hybridized carbons (Fsp3) is 0.615. The van der Waals surface area contributed by atoms with Crippen molar-refractivity contribution in [1.82, 2.24) is 4.31 Å². The van der Waals surface area contributed by atoms with Crippen LogP contribution in [-0.2, 0) is 19.6 Å². The van der Waals surface area contributed by atoms with Crippen molar-refractivity contribution in [1.29, 1.82) is 0 Å². The Hall–Kier alpha value is -0.920. The minimum Gasteiger partial charge on any atom is -0.466 e. The van der Waals surface area contributed by atoms with E-state index >= 15 is 0 Å². The molecule has 0 unspecified atom stereocenters. The molecule has 0 aliphatic carbocycles. The first-order valence-electron chi connectivity index (χ1n) is 6.75. The standard InChI is InChI=1S/C13H19NO4S2/c1-2-18-13(15)9-11-5-3-4-7-14(11)20(16,17)12-6-8-19-10-12/h6,8,10-11H,2-5,7,9H2,1H3/t11-/m1/s1. The second-order valence-electron chi connectivity index (χ2n) is 4.73. The van der Waals surface area contributed by atoms with E-state index in [1.807, 2.05) is 0 Å². The topological polar surface area (TPSA) is 63.7 Å². The predicted molar refractivity (Wildman–Crippen MR) is 77.1 cm³/mol. The molecule has 1 atom stereocenters. The Balaban J connectivity index is 2.17. The van der Waals surface area contributed by atoms with Crippen molar-refractivity contribution in [2.24, 2.45) is 0 Å². The van der Waals surface area contributed by atoms with Gasteiger partial charge >= 0.3 is 5.97 Å². The summed E-state index contributed by atoms with van der Waals surface area (Å²) < 4.78 is 31.6. The van der Waals surface area contributed by atoms with Crippen LogP contribution in [0.3, 0.4) is 0 Å². The van der Waals surface area contributed by atoms with Crippen LogP contribution in [0.15, 0.2) is 21.7 Å². The van der Waals surface area contributed by atoms with Crippen molar-refractivity contribution < 1.29 is 17.9 Å². The van der Waals surface area contributed by atoms with Gasteiger partial charge in [-0.2, -0.15) is 15.6 Å². The lowest BCUT2D eigenvalue weighted by Gasteiger charge is -2.33. The molecule has 2 heterocycles. The van der Waals surface area contributed by atoms with Gasteiger partial charge in [-0.1, -0.05) is 6.42 Å². The van der Waals surface area contributed by atoms with E-state index in [1.54, 1.807) is 23.8 Å². The Labute approximate surface area is 123 Å². The molecule has 1 aromatic heterocycles. The van der Waals surface area contributed by atoms with Crippen LogP contribution in [0.4, 0.5) is 0 Å². The minimum absolute atomic E-state index is 0.136. The molecule has 0 aromatic carbocycles. The molecule has 1 aromatic rings. The molecule has 2 rings (SSSR count). The molecule has 20 heavy (non-hydrogen) atoms. The average Bonchev–Trinajstić information content (AvgIpc) is 2.94. The van der Waals surface area contributed by atoms with Gasteiger partial charge in [0.25, 0.3) is 0 Å². The van der Waals surface area contributed by atoms with Gasteiger partial charge in [-0.25, -0.2) is 8.42 Å². The Morgan fingerprint density at radius 3 is 2.95 bits per heavy atom. The lowest BCUT2D eigenvalue weighted by atomic mass is 10.0. The van der Waals surface area contributed by atoms with Crippen LogP contribution in [0.2, 0.25) is 0 Å². The maximum atomic E-state index is 12.6. The number of carbonyl (C=O) groups is 1. The molecule has 0 bridgehead atoms. The van der Waals surface area contributed by atoms with Crippen LogP contribution in [0.25, 0.3) is 0 Å². The van der Waals surface area contributed by atoms with Gasteiger partial charge in [0.2, 0.25) is 10.0 Å². The predicted octanol–water partition coefficient (Wildman–Crippen LogP) is 2.24. The number of thiophene rings is 1. The Morgan fingerprint density at radius 1 is 1.50 bits per heavy atom. The summed E-state index contributed by atoms with van der Waals surface area (Å²) >= 11 is 1.36. The third-order valence-electron chi connectivity index (χ3n) is 3.38. The Bertz CT molecular complexity index is 539. The zero-order chi connectivity index (χ0) is 14.6. The summed E-state index contributed by atoms with van der Waals surface area (Å²) in [6.45, 7) is 2.55. The first kappa shape index (κ1) is 15.5. The number of esters is 1. The first-order valence-corrected chi connectivity index (χ1v) is 9.13. The van der Waals surface area contributed by atoms with Gasteiger partial charge < -0.3 is 4.74 Å². The molecule has 112 valence electrons. The van der Waals surface area contributed by atoms with Crippen LogP contribution in [0, 0.1) is 0 Å². The number of piperidine rings is 1.